The van der Waals surface area contributed by atoms with Gasteiger partial charge in [0.15, 0.2) is 0 Å². The Morgan fingerprint density at radius 2 is 2.00 bits per heavy atom. The fourth-order valence-corrected chi connectivity index (χ4v) is 1.85. The minimum absolute atomic E-state index is 0.367. The van der Waals surface area contributed by atoms with E-state index in [9.17, 15) is 0 Å². The molecule has 1 atom stereocenters. The molecule has 2 N–H and O–H groups in total. The van der Waals surface area contributed by atoms with E-state index in [1.54, 1.807) is 0 Å². The first kappa shape index (κ1) is 11.3. The first-order valence-electron chi connectivity index (χ1n) is 4.60. The second-order valence-electron chi connectivity index (χ2n) is 3.11. The molecule has 0 fully saturated rings. The topological polar surface area (TPSA) is 26.0 Å². The zero-order valence-electron chi connectivity index (χ0n) is 7.81. The van der Waals surface area contributed by atoms with Crippen LogP contribution in [0.3, 0.4) is 0 Å². The lowest BCUT2D eigenvalue weighted by Crippen LogP contribution is -2.17. The monoisotopic (exact) mass is 175 g/mol. The Hall–Kier alpha value is 0.310. The molecule has 1 nitrogen and oxygen atoms in total. The van der Waals surface area contributed by atoms with Crippen molar-refractivity contribution in [3.63, 3.8) is 0 Å². The van der Waals surface area contributed by atoms with Gasteiger partial charge < -0.3 is 5.73 Å². The standard InChI is InChI=1S/C9H21NS/c1-3-4-5-6-7-11-8-9(2)10/h9H,3-8,10H2,1-2H3. The maximum Gasteiger partial charge on any atom is 0.0101 e. The number of nitrogens with two attached hydrogens (primary N) is 1. The van der Waals surface area contributed by atoms with Crippen LogP contribution in [0.4, 0.5) is 0 Å². The van der Waals surface area contributed by atoms with Crippen molar-refractivity contribution in [2.45, 2.75) is 45.6 Å². The van der Waals surface area contributed by atoms with Gasteiger partial charge in [0.05, 0.1) is 0 Å². The second-order valence-corrected chi connectivity index (χ2v) is 4.26. The molecule has 0 bridgehead atoms. The molecular weight excluding hydrogens is 154 g/mol. The van der Waals surface area contributed by atoms with Crippen molar-refractivity contribution in [1.29, 1.82) is 0 Å². The van der Waals surface area contributed by atoms with Crippen molar-refractivity contribution in [1.82, 2.24) is 0 Å². The molecule has 0 amide bonds. The van der Waals surface area contributed by atoms with Gasteiger partial charge in [-0.05, 0) is 19.1 Å². The maximum atomic E-state index is 5.61. The fourth-order valence-electron chi connectivity index (χ4n) is 0.900. The van der Waals surface area contributed by atoms with Gasteiger partial charge in [-0.2, -0.15) is 11.8 Å². The summed E-state index contributed by atoms with van der Waals surface area (Å²) in [6.45, 7) is 4.31. The summed E-state index contributed by atoms with van der Waals surface area (Å²) in [4.78, 5) is 0. The second kappa shape index (κ2) is 8.41. The van der Waals surface area contributed by atoms with E-state index in [4.69, 9.17) is 5.73 Å². The zero-order valence-corrected chi connectivity index (χ0v) is 8.62. The average molecular weight is 175 g/mol. The molecule has 0 aromatic carbocycles. The first-order valence-corrected chi connectivity index (χ1v) is 5.76. The first-order chi connectivity index (χ1) is 5.27. The molecule has 2 heteroatoms. The number of unbranched alkanes of at least 4 members (excludes halogenated alkanes) is 3. The maximum absolute atomic E-state index is 5.61. The van der Waals surface area contributed by atoms with Gasteiger partial charge in [0.25, 0.3) is 0 Å². The Balaban J connectivity index is 2.80. The number of rotatable bonds is 7. The highest BCUT2D eigenvalue weighted by molar-refractivity contribution is 7.99. The molecule has 0 aromatic rings. The molecular formula is C9H21NS. The van der Waals surface area contributed by atoms with E-state index in [2.05, 4.69) is 13.8 Å². The molecule has 0 saturated heterocycles. The molecule has 0 heterocycles. The quantitative estimate of drug-likeness (QED) is 0.602. The predicted molar refractivity (Wildman–Crippen MR) is 55.1 cm³/mol. The summed E-state index contributed by atoms with van der Waals surface area (Å²) >= 11 is 1.99. The zero-order chi connectivity index (χ0) is 8.53. The third-order valence-corrected chi connectivity index (χ3v) is 2.86. The van der Waals surface area contributed by atoms with Crippen molar-refractivity contribution < 1.29 is 0 Å². The van der Waals surface area contributed by atoms with E-state index in [1.807, 2.05) is 11.8 Å². The molecule has 68 valence electrons. The third kappa shape index (κ3) is 10.3. The van der Waals surface area contributed by atoms with E-state index < -0.39 is 0 Å². The van der Waals surface area contributed by atoms with Gasteiger partial charge in [0.2, 0.25) is 0 Å². The molecule has 11 heavy (non-hydrogen) atoms. The van der Waals surface area contributed by atoms with Crippen LogP contribution in [-0.2, 0) is 0 Å². The number of hydrogen-bond acceptors (Lipinski definition) is 2. The van der Waals surface area contributed by atoms with Gasteiger partial charge in [-0.1, -0.05) is 26.2 Å². The van der Waals surface area contributed by atoms with Crippen LogP contribution in [0.1, 0.15) is 39.5 Å². The highest BCUT2D eigenvalue weighted by atomic mass is 32.2. The summed E-state index contributed by atoms with van der Waals surface area (Å²) in [5.74, 6) is 2.41. The number of thioether (sulfide) groups is 1. The molecule has 0 aliphatic heterocycles. The summed E-state index contributed by atoms with van der Waals surface area (Å²) < 4.78 is 0. The van der Waals surface area contributed by atoms with Crippen LogP contribution in [-0.4, -0.2) is 17.5 Å². The smallest absolute Gasteiger partial charge is 0.0101 e. The molecule has 0 aromatic heterocycles. The summed E-state index contributed by atoms with van der Waals surface area (Å²) in [6.07, 6.45) is 5.48. The van der Waals surface area contributed by atoms with Gasteiger partial charge >= 0.3 is 0 Å². The Morgan fingerprint density at radius 3 is 2.55 bits per heavy atom. The van der Waals surface area contributed by atoms with Gasteiger partial charge in [-0.25, -0.2) is 0 Å². The average Bonchev–Trinajstić information content (AvgIpc) is 1.96. The van der Waals surface area contributed by atoms with E-state index in [-0.39, 0.29) is 0 Å². The minimum Gasteiger partial charge on any atom is -0.327 e. The van der Waals surface area contributed by atoms with Crippen LogP contribution in [0.25, 0.3) is 0 Å². The predicted octanol–water partition coefficient (Wildman–Crippen LogP) is 2.65. The summed E-state index contributed by atoms with van der Waals surface area (Å²) in [6, 6.07) is 0.367. The van der Waals surface area contributed by atoms with Crippen LogP contribution in [0.2, 0.25) is 0 Å². The Bertz CT molecular complexity index is 74.0. The molecule has 0 rings (SSSR count). The van der Waals surface area contributed by atoms with E-state index in [0.29, 0.717) is 6.04 Å². The SMILES string of the molecule is CCCCCCSCC(C)N. The normalized spacial score (nSPS) is 13.4. The Kier molecular flexibility index (Phi) is 8.64. The Labute approximate surface area is 75.1 Å². The van der Waals surface area contributed by atoms with E-state index >= 15 is 0 Å². The van der Waals surface area contributed by atoms with Crippen LogP contribution < -0.4 is 5.73 Å². The van der Waals surface area contributed by atoms with Crippen LogP contribution in [0, 0.1) is 0 Å². The van der Waals surface area contributed by atoms with Crippen LogP contribution in [0.15, 0.2) is 0 Å². The van der Waals surface area contributed by atoms with Crippen LogP contribution in [0.5, 0.6) is 0 Å². The highest BCUT2D eigenvalue weighted by Gasteiger charge is 1.93. The van der Waals surface area contributed by atoms with Gasteiger partial charge in [-0.3, -0.25) is 0 Å². The molecule has 0 aliphatic rings. The van der Waals surface area contributed by atoms with E-state index in [1.165, 1.54) is 31.4 Å². The van der Waals surface area contributed by atoms with Crippen molar-refractivity contribution in [2.24, 2.45) is 5.73 Å². The summed E-state index contributed by atoms with van der Waals surface area (Å²) in [5, 5.41) is 0. The van der Waals surface area contributed by atoms with Crippen molar-refractivity contribution in [3.05, 3.63) is 0 Å². The minimum atomic E-state index is 0.367. The van der Waals surface area contributed by atoms with Crippen molar-refractivity contribution >= 4 is 11.8 Å². The van der Waals surface area contributed by atoms with Gasteiger partial charge in [-0.15, -0.1) is 0 Å². The van der Waals surface area contributed by atoms with Crippen LogP contribution >= 0.6 is 11.8 Å². The van der Waals surface area contributed by atoms with Crippen molar-refractivity contribution in [3.8, 4) is 0 Å². The summed E-state index contributed by atoms with van der Waals surface area (Å²) in [5.41, 5.74) is 5.61. The summed E-state index contributed by atoms with van der Waals surface area (Å²) in [7, 11) is 0. The molecule has 0 spiro atoms. The Morgan fingerprint density at radius 1 is 1.27 bits per heavy atom. The largest absolute Gasteiger partial charge is 0.327 e. The lowest BCUT2D eigenvalue weighted by Gasteiger charge is -2.03. The lowest BCUT2D eigenvalue weighted by atomic mass is 10.2. The molecule has 0 aliphatic carbocycles. The molecule has 0 radical (unpaired) electrons. The van der Waals surface area contributed by atoms with Gasteiger partial charge in [0, 0.05) is 11.8 Å². The number of hydrogen-bond donors (Lipinski definition) is 1. The lowest BCUT2D eigenvalue weighted by molar-refractivity contribution is 0.706. The molecule has 0 saturated carbocycles. The van der Waals surface area contributed by atoms with E-state index in [0.717, 1.165) is 5.75 Å². The van der Waals surface area contributed by atoms with Gasteiger partial charge in [0.1, 0.15) is 0 Å². The third-order valence-electron chi connectivity index (χ3n) is 1.52. The fraction of sp³-hybridized carbons (Fsp3) is 1.00. The molecule has 1 unspecified atom stereocenters. The van der Waals surface area contributed by atoms with Crippen molar-refractivity contribution in [2.75, 3.05) is 11.5 Å². The highest BCUT2D eigenvalue weighted by Crippen LogP contribution is 2.07.